The number of rotatable bonds is 6. The fraction of sp³-hybridized carbons (Fsp3) is 0.471. The summed E-state index contributed by atoms with van der Waals surface area (Å²) in [5, 5.41) is 6.95. The van der Waals surface area contributed by atoms with E-state index in [4.69, 9.17) is 4.74 Å². The quantitative estimate of drug-likeness (QED) is 0.881. The first-order chi connectivity index (χ1) is 10.3. The van der Waals surface area contributed by atoms with Crippen molar-refractivity contribution in [2.75, 3.05) is 13.7 Å². The third-order valence-electron chi connectivity index (χ3n) is 4.31. The molecule has 1 aromatic heterocycles. The number of ether oxygens (including phenoxy) is 1. The predicted octanol–water partition coefficient (Wildman–Crippen LogP) is 3.79. The second-order valence-corrected chi connectivity index (χ2v) is 6.74. The Morgan fingerprint density at radius 2 is 2.10 bits per heavy atom. The summed E-state index contributed by atoms with van der Waals surface area (Å²) in [7, 11) is 1.71. The van der Waals surface area contributed by atoms with Crippen molar-refractivity contribution >= 4 is 11.3 Å². The van der Waals surface area contributed by atoms with Gasteiger partial charge in [-0.05, 0) is 36.5 Å². The van der Waals surface area contributed by atoms with Crippen LogP contribution in [0.25, 0.3) is 0 Å². The highest BCUT2D eigenvalue weighted by Crippen LogP contribution is 2.37. The fourth-order valence-electron chi connectivity index (χ4n) is 2.84. The number of methoxy groups -OCH3 is 1. The number of aromatic nitrogens is 1. The minimum absolute atomic E-state index is 0.505. The van der Waals surface area contributed by atoms with Gasteiger partial charge in [-0.3, -0.25) is 0 Å². The molecular formula is C17H22N2OS. The topological polar surface area (TPSA) is 34.1 Å². The standard InChI is InChI=1S/C17H22N2OS/c1-12(17-18-7-8-21-17)11-19-15-9-14(10-15)13-3-5-16(20-2)6-4-13/h3-8,12,14-15,19H,9-11H2,1-2H3. The van der Waals surface area contributed by atoms with Gasteiger partial charge in [-0.15, -0.1) is 11.3 Å². The van der Waals surface area contributed by atoms with E-state index in [1.54, 1.807) is 18.4 Å². The molecule has 112 valence electrons. The minimum atomic E-state index is 0.505. The van der Waals surface area contributed by atoms with Gasteiger partial charge in [0.05, 0.1) is 12.1 Å². The Morgan fingerprint density at radius 3 is 2.71 bits per heavy atom. The van der Waals surface area contributed by atoms with Crippen molar-refractivity contribution in [1.82, 2.24) is 10.3 Å². The van der Waals surface area contributed by atoms with Crippen LogP contribution >= 0.6 is 11.3 Å². The van der Waals surface area contributed by atoms with Crippen LogP contribution in [0.15, 0.2) is 35.8 Å². The van der Waals surface area contributed by atoms with E-state index >= 15 is 0 Å². The average Bonchev–Trinajstić information content (AvgIpc) is 3.00. The van der Waals surface area contributed by atoms with Crippen molar-refractivity contribution in [3.05, 3.63) is 46.4 Å². The molecule has 0 spiro atoms. The molecular weight excluding hydrogens is 280 g/mol. The zero-order valence-electron chi connectivity index (χ0n) is 12.6. The maximum absolute atomic E-state index is 5.20. The van der Waals surface area contributed by atoms with Gasteiger partial charge in [0.25, 0.3) is 0 Å². The van der Waals surface area contributed by atoms with Crippen LogP contribution in [-0.2, 0) is 0 Å². The molecule has 0 amide bonds. The van der Waals surface area contributed by atoms with Gasteiger partial charge in [-0.25, -0.2) is 4.98 Å². The highest BCUT2D eigenvalue weighted by molar-refractivity contribution is 7.09. The van der Waals surface area contributed by atoms with Crippen molar-refractivity contribution < 1.29 is 4.74 Å². The zero-order chi connectivity index (χ0) is 14.7. The molecule has 21 heavy (non-hydrogen) atoms. The molecule has 0 radical (unpaired) electrons. The Kier molecular flexibility index (Phi) is 4.56. The second kappa shape index (κ2) is 6.58. The maximum atomic E-state index is 5.20. The lowest BCUT2D eigenvalue weighted by Crippen LogP contribution is -2.41. The molecule has 0 aliphatic heterocycles. The first-order valence-electron chi connectivity index (χ1n) is 7.53. The second-order valence-electron chi connectivity index (χ2n) is 5.82. The van der Waals surface area contributed by atoms with Gasteiger partial charge in [-0.2, -0.15) is 0 Å². The summed E-state index contributed by atoms with van der Waals surface area (Å²) in [4.78, 5) is 4.38. The summed E-state index contributed by atoms with van der Waals surface area (Å²) in [6.07, 6.45) is 4.35. The van der Waals surface area contributed by atoms with Crippen LogP contribution in [0.2, 0.25) is 0 Å². The predicted molar refractivity (Wildman–Crippen MR) is 87.3 cm³/mol. The lowest BCUT2D eigenvalue weighted by atomic mass is 9.76. The van der Waals surface area contributed by atoms with Gasteiger partial charge < -0.3 is 10.1 Å². The van der Waals surface area contributed by atoms with Gasteiger partial charge >= 0.3 is 0 Å². The molecule has 1 aromatic carbocycles. The molecule has 1 heterocycles. The molecule has 1 aliphatic carbocycles. The van der Waals surface area contributed by atoms with Crippen LogP contribution < -0.4 is 10.1 Å². The van der Waals surface area contributed by atoms with Gasteiger partial charge in [-0.1, -0.05) is 19.1 Å². The summed E-state index contributed by atoms with van der Waals surface area (Å²) in [5.41, 5.74) is 1.43. The van der Waals surface area contributed by atoms with Crippen LogP contribution in [0.5, 0.6) is 5.75 Å². The first-order valence-corrected chi connectivity index (χ1v) is 8.41. The van der Waals surface area contributed by atoms with Crippen LogP contribution in [0.3, 0.4) is 0 Å². The molecule has 1 fully saturated rings. The molecule has 2 aromatic rings. The largest absolute Gasteiger partial charge is 0.497 e. The lowest BCUT2D eigenvalue weighted by molar-refractivity contribution is 0.287. The Balaban J connectivity index is 1.43. The van der Waals surface area contributed by atoms with E-state index in [0.29, 0.717) is 17.9 Å². The SMILES string of the molecule is COc1ccc(C2CC(NCC(C)c3nccs3)C2)cc1. The number of nitrogens with one attached hydrogen (secondary N) is 1. The molecule has 1 N–H and O–H groups in total. The van der Waals surface area contributed by atoms with Gasteiger partial charge in [0.1, 0.15) is 5.75 Å². The molecule has 4 heteroatoms. The van der Waals surface area contributed by atoms with Crippen LogP contribution in [0.4, 0.5) is 0 Å². The van der Waals surface area contributed by atoms with Crippen molar-refractivity contribution in [2.24, 2.45) is 0 Å². The number of hydrogen-bond donors (Lipinski definition) is 1. The van der Waals surface area contributed by atoms with Crippen LogP contribution in [-0.4, -0.2) is 24.7 Å². The monoisotopic (exact) mass is 302 g/mol. The van der Waals surface area contributed by atoms with Gasteiger partial charge in [0.2, 0.25) is 0 Å². The summed E-state index contributed by atoms with van der Waals surface area (Å²) in [5.74, 6) is 2.14. The smallest absolute Gasteiger partial charge is 0.118 e. The molecule has 3 rings (SSSR count). The van der Waals surface area contributed by atoms with E-state index in [1.807, 2.05) is 6.20 Å². The van der Waals surface area contributed by atoms with Gasteiger partial charge in [0, 0.05) is 30.1 Å². The summed E-state index contributed by atoms with van der Waals surface area (Å²) in [6, 6.07) is 9.15. The van der Waals surface area contributed by atoms with Crippen LogP contribution in [0, 0.1) is 0 Å². The molecule has 3 nitrogen and oxygen atoms in total. The number of thiazole rings is 1. The minimum Gasteiger partial charge on any atom is -0.497 e. The van der Waals surface area contributed by atoms with E-state index in [2.05, 4.69) is 46.9 Å². The van der Waals surface area contributed by atoms with Crippen LogP contribution in [0.1, 0.15) is 42.2 Å². The zero-order valence-corrected chi connectivity index (χ0v) is 13.4. The molecule has 1 aliphatic rings. The molecule has 1 atom stereocenters. The van der Waals surface area contributed by atoms with Crippen molar-refractivity contribution in [3.63, 3.8) is 0 Å². The Labute approximate surface area is 130 Å². The van der Waals surface area contributed by atoms with E-state index in [-0.39, 0.29) is 0 Å². The third kappa shape index (κ3) is 3.44. The average molecular weight is 302 g/mol. The summed E-state index contributed by atoms with van der Waals surface area (Å²) >= 11 is 1.75. The lowest BCUT2D eigenvalue weighted by Gasteiger charge is -2.37. The van der Waals surface area contributed by atoms with E-state index in [1.165, 1.54) is 23.4 Å². The molecule has 1 saturated carbocycles. The fourth-order valence-corrected chi connectivity index (χ4v) is 3.54. The normalized spacial score (nSPS) is 22.6. The summed E-state index contributed by atoms with van der Waals surface area (Å²) in [6.45, 7) is 3.26. The third-order valence-corrected chi connectivity index (χ3v) is 5.32. The maximum Gasteiger partial charge on any atom is 0.118 e. The first kappa shape index (κ1) is 14.5. The van der Waals surface area contributed by atoms with Crippen molar-refractivity contribution in [2.45, 2.75) is 37.6 Å². The van der Waals surface area contributed by atoms with E-state index in [9.17, 15) is 0 Å². The Hall–Kier alpha value is -1.39. The molecule has 1 unspecified atom stereocenters. The number of hydrogen-bond acceptors (Lipinski definition) is 4. The van der Waals surface area contributed by atoms with Crippen molar-refractivity contribution in [3.8, 4) is 5.75 Å². The van der Waals surface area contributed by atoms with E-state index < -0.39 is 0 Å². The number of nitrogens with zero attached hydrogens (tertiary/aromatic N) is 1. The highest BCUT2D eigenvalue weighted by Gasteiger charge is 2.30. The van der Waals surface area contributed by atoms with Crippen molar-refractivity contribution in [1.29, 1.82) is 0 Å². The van der Waals surface area contributed by atoms with Gasteiger partial charge in [0.15, 0.2) is 0 Å². The molecule has 0 saturated heterocycles. The summed E-state index contributed by atoms with van der Waals surface area (Å²) < 4.78 is 5.20. The molecule has 0 bridgehead atoms. The Morgan fingerprint density at radius 1 is 1.33 bits per heavy atom. The number of benzene rings is 1. The van der Waals surface area contributed by atoms with E-state index in [0.717, 1.165) is 12.3 Å². The highest BCUT2D eigenvalue weighted by atomic mass is 32.1. The Bertz CT molecular complexity index is 547.